The molecule has 2 rings (SSSR count). The third-order valence-electron chi connectivity index (χ3n) is 3.33. The summed E-state index contributed by atoms with van der Waals surface area (Å²) in [7, 11) is 4.64. The minimum atomic E-state index is -0.311. The number of nitrogens with one attached hydrogen (secondary N) is 2. The van der Waals surface area contributed by atoms with Crippen LogP contribution in [0.5, 0.6) is 17.2 Å². The van der Waals surface area contributed by atoms with Crippen molar-refractivity contribution in [1.29, 1.82) is 0 Å². The van der Waals surface area contributed by atoms with Gasteiger partial charge >= 0.3 is 6.03 Å². The van der Waals surface area contributed by atoms with E-state index in [-0.39, 0.29) is 12.6 Å². The van der Waals surface area contributed by atoms with Crippen molar-refractivity contribution in [2.75, 3.05) is 26.6 Å². The lowest BCUT2D eigenvalue weighted by Crippen LogP contribution is -2.28. The minimum Gasteiger partial charge on any atom is -0.493 e. The van der Waals surface area contributed by atoms with Crippen molar-refractivity contribution >= 4 is 27.6 Å². The van der Waals surface area contributed by atoms with Crippen LogP contribution in [0.3, 0.4) is 0 Å². The molecule has 0 aliphatic heterocycles. The fraction of sp³-hybridized carbons (Fsp3) is 0.235. The molecule has 24 heavy (non-hydrogen) atoms. The third-order valence-corrected chi connectivity index (χ3v) is 3.86. The maximum atomic E-state index is 12.0. The van der Waals surface area contributed by atoms with Gasteiger partial charge < -0.3 is 24.8 Å². The zero-order chi connectivity index (χ0) is 17.5. The average molecular weight is 395 g/mol. The van der Waals surface area contributed by atoms with Crippen molar-refractivity contribution in [2.45, 2.75) is 6.54 Å². The van der Waals surface area contributed by atoms with E-state index in [2.05, 4.69) is 26.6 Å². The number of urea groups is 1. The summed E-state index contributed by atoms with van der Waals surface area (Å²) in [4.78, 5) is 12.0. The lowest BCUT2D eigenvalue weighted by atomic mass is 10.1. The highest BCUT2D eigenvalue weighted by atomic mass is 79.9. The second-order valence-corrected chi connectivity index (χ2v) is 5.72. The molecule has 0 spiro atoms. The van der Waals surface area contributed by atoms with Gasteiger partial charge in [-0.2, -0.15) is 0 Å². The van der Waals surface area contributed by atoms with Crippen molar-refractivity contribution in [3.63, 3.8) is 0 Å². The molecule has 0 unspecified atom stereocenters. The van der Waals surface area contributed by atoms with E-state index in [1.165, 1.54) is 7.11 Å². The number of rotatable bonds is 6. The smallest absolute Gasteiger partial charge is 0.319 e. The molecule has 0 aromatic heterocycles. The molecule has 0 heterocycles. The fourth-order valence-electron chi connectivity index (χ4n) is 2.19. The van der Waals surface area contributed by atoms with Gasteiger partial charge in [-0.05, 0) is 36.4 Å². The first-order valence-corrected chi connectivity index (χ1v) is 7.96. The largest absolute Gasteiger partial charge is 0.493 e. The first kappa shape index (κ1) is 17.9. The molecule has 6 nitrogen and oxygen atoms in total. The highest BCUT2D eigenvalue weighted by Gasteiger charge is 2.16. The molecule has 2 aromatic rings. The molecule has 0 fully saturated rings. The molecule has 2 aromatic carbocycles. The lowest BCUT2D eigenvalue weighted by molar-refractivity contribution is 0.251. The van der Waals surface area contributed by atoms with Gasteiger partial charge in [-0.25, -0.2) is 4.79 Å². The Hall–Kier alpha value is -2.41. The molecule has 0 bridgehead atoms. The summed E-state index contributed by atoms with van der Waals surface area (Å²) in [5.41, 5.74) is 1.48. The molecule has 0 saturated carbocycles. The second-order valence-electron chi connectivity index (χ2n) is 4.81. The van der Waals surface area contributed by atoms with Crippen LogP contribution in [0.4, 0.5) is 10.5 Å². The maximum absolute atomic E-state index is 12.0. The van der Waals surface area contributed by atoms with E-state index in [4.69, 9.17) is 14.2 Å². The normalized spacial score (nSPS) is 10.0. The van der Waals surface area contributed by atoms with Crippen LogP contribution in [-0.2, 0) is 6.54 Å². The number of benzene rings is 2. The Morgan fingerprint density at radius 2 is 1.62 bits per heavy atom. The van der Waals surface area contributed by atoms with E-state index in [0.29, 0.717) is 22.9 Å². The molecule has 2 amide bonds. The van der Waals surface area contributed by atoms with E-state index >= 15 is 0 Å². The Balaban J connectivity index is 2.05. The van der Waals surface area contributed by atoms with Gasteiger partial charge in [-0.3, -0.25) is 0 Å². The van der Waals surface area contributed by atoms with Crippen LogP contribution in [0.15, 0.2) is 40.9 Å². The molecule has 0 saturated heterocycles. The van der Waals surface area contributed by atoms with Gasteiger partial charge in [-0.1, -0.05) is 15.9 Å². The van der Waals surface area contributed by atoms with Gasteiger partial charge in [0.15, 0.2) is 11.5 Å². The van der Waals surface area contributed by atoms with Crippen LogP contribution >= 0.6 is 15.9 Å². The van der Waals surface area contributed by atoms with Crippen molar-refractivity contribution in [3.8, 4) is 17.2 Å². The molecule has 0 aliphatic carbocycles. The van der Waals surface area contributed by atoms with Crippen LogP contribution in [-0.4, -0.2) is 27.4 Å². The van der Waals surface area contributed by atoms with E-state index in [0.717, 1.165) is 10.0 Å². The Kier molecular flexibility index (Phi) is 6.31. The van der Waals surface area contributed by atoms with Crippen LogP contribution < -0.4 is 24.8 Å². The average Bonchev–Trinajstić information content (AvgIpc) is 2.60. The zero-order valence-electron chi connectivity index (χ0n) is 13.7. The van der Waals surface area contributed by atoms with Gasteiger partial charge in [0.25, 0.3) is 0 Å². The number of methoxy groups -OCH3 is 3. The summed E-state index contributed by atoms with van der Waals surface area (Å²) in [6.45, 7) is 0.284. The predicted molar refractivity (Wildman–Crippen MR) is 96.1 cm³/mol. The number of hydrogen-bond acceptors (Lipinski definition) is 4. The first-order chi connectivity index (χ1) is 11.6. The monoisotopic (exact) mass is 394 g/mol. The van der Waals surface area contributed by atoms with Crippen LogP contribution in [0, 0.1) is 0 Å². The Morgan fingerprint density at radius 1 is 0.958 bits per heavy atom. The second kappa shape index (κ2) is 8.44. The van der Waals surface area contributed by atoms with Crippen LogP contribution in [0.2, 0.25) is 0 Å². The van der Waals surface area contributed by atoms with Gasteiger partial charge in [0, 0.05) is 22.3 Å². The number of amides is 2. The Labute approximate surface area is 149 Å². The minimum absolute atomic E-state index is 0.284. The number of carbonyl (C=O) groups excluding carboxylic acids is 1. The van der Waals surface area contributed by atoms with E-state index < -0.39 is 0 Å². The highest BCUT2D eigenvalue weighted by molar-refractivity contribution is 9.10. The molecule has 128 valence electrons. The van der Waals surface area contributed by atoms with Crippen molar-refractivity contribution < 1.29 is 19.0 Å². The van der Waals surface area contributed by atoms with Gasteiger partial charge in [0.2, 0.25) is 5.75 Å². The summed E-state index contributed by atoms with van der Waals surface area (Å²) < 4.78 is 16.9. The summed E-state index contributed by atoms with van der Waals surface area (Å²) in [6, 6.07) is 10.6. The number of anilines is 1. The number of hydrogen-bond donors (Lipinski definition) is 2. The Morgan fingerprint density at radius 3 is 2.21 bits per heavy atom. The number of ether oxygens (including phenoxy) is 3. The predicted octanol–water partition coefficient (Wildman–Crippen LogP) is 3.80. The van der Waals surface area contributed by atoms with Crippen molar-refractivity contribution in [1.82, 2.24) is 5.32 Å². The number of carbonyl (C=O) groups is 1. The fourth-order valence-corrected chi connectivity index (χ4v) is 2.45. The van der Waals surface area contributed by atoms with Gasteiger partial charge in [-0.15, -0.1) is 0 Å². The third kappa shape index (κ3) is 4.32. The van der Waals surface area contributed by atoms with Gasteiger partial charge in [0.1, 0.15) is 0 Å². The molecular weight excluding hydrogens is 376 g/mol. The molecule has 0 atom stereocenters. The maximum Gasteiger partial charge on any atom is 0.319 e. The topological polar surface area (TPSA) is 68.8 Å². The highest BCUT2D eigenvalue weighted by Crippen LogP contribution is 2.39. The Bertz CT molecular complexity index is 704. The summed E-state index contributed by atoms with van der Waals surface area (Å²) in [5.74, 6) is 1.59. The molecular formula is C17H19BrN2O4. The van der Waals surface area contributed by atoms with E-state index in [1.807, 2.05) is 18.2 Å². The first-order valence-electron chi connectivity index (χ1n) is 7.17. The van der Waals surface area contributed by atoms with Crippen molar-refractivity contribution in [3.05, 3.63) is 46.4 Å². The number of halogens is 1. The summed E-state index contributed by atoms with van der Waals surface area (Å²) >= 11 is 3.35. The van der Waals surface area contributed by atoms with E-state index in [9.17, 15) is 4.79 Å². The van der Waals surface area contributed by atoms with Crippen LogP contribution in [0.25, 0.3) is 0 Å². The van der Waals surface area contributed by atoms with Crippen LogP contribution in [0.1, 0.15) is 5.56 Å². The molecule has 2 N–H and O–H groups in total. The standard InChI is InChI=1S/C17H19BrN2O4/c1-22-14-9-4-11(15(23-2)16(14)24-3)10-19-17(21)20-13-7-5-12(18)6-8-13/h4-9H,10H2,1-3H3,(H2,19,20,21). The summed E-state index contributed by atoms with van der Waals surface area (Å²) in [5, 5.41) is 5.55. The zero-order valence-corrected chi connectivity index (χ0v) is 15.3. The summed E-state index contributed by atoms with van der Waals surface area (Å²) in [6.07, 6.45) is 0. The molecule has 0 aliphatic rings. The lowest BCUT2D eigenvalue weighted by Gasteiger charge is -2.16. The van der Waals surface area contributed by atoms with Gasteiger partial charge in [0.05, 0.1) is 21.3 Å². The quantitative estimate of drug-likeness (QED) is 0.781. The SMILES string of the molecule is COc1ccc(CNC(=O)Nc2ccc(Br)cc2)c(OC)c1OC. The molecule has 7 heteroatoms. The molecule has 0 radical (unpaired) electrons. The van der Waals surface area contributed by atoms with Crippen molar-refractivity contribution in [2.24, 2.45) is 0 Å². The van der Waals surface area contributed by atoms with E-state index in [1.54, 1.807) is 32.4 Å².